The van der Waals surface area contributed by atoms with Crippen molar-refractivity contribution in [2.75, 3.05) is 31.1 Å². The Bertz CT molecular complexity index is 833. The van der Waals surface area contributed by atoms with Crippen molar-refractivity contribution in [3.8, 4) is 0 Å². The van der Waals surface area contributed by atoms with E-state index in [9.17, 15) is 18.0 Å². The smallest absolute Gasteiger partial charge is 0.250 e. The Morgan fingerprint density at radius 1 is 1.15 bits per heavy atom. The summed E-state index contributed by atoms with van der Waals surface area (Å²) >= 11 is 0. The molecule has 0 radical (unpaired) electrons. The van der Waals surface area contributed by atoms with Crippen LogP contribution >= 0.6 is 0 Å². The summed E-state index contributed by atoms with van der Waals surface area (Å²) in [6.45, 7) is 6.37. The Kier molecular flexibility index (Phi) is 5.53. The largest absolute Gasteiger partial charge is 0.336 e. The highest BCUT2D eigenvalue weighted by atomic mass is 32.2. The molecule has 0 spiro atoms. The molecule has 7 nitrogen and oxygen atoms in total. The maximum Gasteiger partial charge on any atom is 0.250 e. The average molecular weight is 381 g/mol. The predicted octanol–water partition coefficient (Wildman–Crippen LogP) is 0.267. The number of amides is 1. The summed E-state index contributed by atoms with van der Waals surface area (Å²) in [4.78, 5) is 28.7. The van der Waals surface area contributed by atoms with Gasteiger partial charge in [-0.15, -0.1) is 0 Å². The number of hydrogen-bond donors (Lipinski definition) is 0. The lowest BCUT2D eigenvalue weighted by molar-refractivity contribution is -0.137. The summed E-state index contributed by atoms with van der Waals surface area (Å²) in [6, 6.07) is 4.67. The number of rotatable bonds is 5. The zero-order valence-electron chi connectivity index (χ0n) is 15.4. The first-order chi connectivity index (χ1) is 12.3. The third kappa shape index (κ3) is 3.86. The van der Waals surface area contributed by atoms with Crippen LogP contribution in [0, 0.1) is 6.92 Å². The molecule has 2 aliphatic rings. The molecule has 3 rings (SSSR count). The van der Waals surface area contributed by atoms with Gasteiger partial charge in [-0.3, -0.25) is 14.5 Å². The summed E-state index contributed by atoms with van der Waals surface area (Å²) in [6.07, 6.45) is 1.18. The van der Waals surface area contributed by atoms with Crippen LogP contribution in [0.25, 0.3) is 0 Å². The van der Waals surface area contributed by atoms with Crippen LogP contribution in [-0.4, -0.2) is 71.9 Å². The zero-order valence-corrected chi connectivity index (χ0v) is 16.2. The van der Waals surface area contributed by atoms with Gasteiger partial charge in [0.05, 0.1) is 17.5 Å². The van der Waals surface area contributed by atoms with Crippen molar-refractivity contribution in [3.63, 3.8) is 0 Å². The molecule has 144 valence electrons. The summed E-state index contributed by atoms with van der Waals surface area (Å²) in [5.74, 6) is 0.121. The minimum Gasteiger partial charge on any atom is -0.336 e. The number of piperazine rings is 1. The summed E-state index contributed by atoms with van der Waals surface area (Å²) < 4.78 is 25.9. The average Bonchev–Trinajstić information content (AvgIpc) is 2.90. The van der Waals surface area contributed by atoms with Gasteiger partial charge in [-0.2, -0.15) is 0 Å². The predicted molar refractivity (Wildman–Crippen MR) is 99.9 cm³/mol. The third-order valence-electron chi connectivity index (χ3n) is 5.44. The van der Waals surface area contributed by atoms with Gasteiger partial charge >= 0.3 is 0 Å². The van der Waals surface area contributed by atoms with Gasteiger partial charge in [-0.1, -0.05) is 13.0 Å². The van der Waals surface area contributed by atoms with E-state index in [1.807, 2.05) is 13.0 Å². The third-order valence-corrected chi connectivity index (χ3v) is 7.14. The Labute approximate surface area is 154 Å². The highest BCUT2D eigenvalue weighted by molar-refractivity contribution is 7.91. The van der Waals surface area contributed by atoms with E-state index in [2.05, 4.69) is 11.8 Å². The Morgan fingerprint density at radius 3 is 2.58 bits per heavy atom. The maximum atomic E-state index is 12.8. The second-order valence-electron chi connectivity index (χ2n) is 7.24. The van der Waals surface area contributed by atoms with Crippen molar-refractivity contribution < 1.29 is 13.2 Å². The summed E-state index contributed by atoms with van der Waals surface area (Å²) in [5.41, 5.74) is 0.700. The zero-order chi connectivity index (χ0) is 18.9. The first kappa shape index (κ1) is 19.1. The van der Waals surface area contributed by atoms with E-state index in [0.29, 0.717) is 19.6 Å². The Morgan fingerprint density at radius 2 is 1.88 bits per heavy atom. The molecule has 0 aromatic carbocycles. The van der Waals surface area contributed by atoms with Gasteiger partial charge < -0.3 is 9.47 Å². The van der Waals surface area contributed by atoms with Crippen LogP contribution in [0.5, 0.6) is 0 Å². The summed E-state index contributed by atoms with van der Waals surface area (Å²) in [7, 11) is -3.12. The molecular formula is C18H27N3O4S. The number of hydrogen-bond acceptors (Lipinski definition) is 5. The van der Waals surface area contributed by atoms with Crippen molar-refractivity contribution >= 4 is 15.7 Å². The first-order valence-electron chi connectivity index (χ1n) is 9.23. The molecule has 1 amide bonds. The lowest BCUT2D eigenvalue weighted by Crippen LogP contribution is -2.60. The van der Waals surface area contributed by atoms with Crippen molar-refractivity contribution in [2.45, 2.75) is 45.3 Å². The fraction of sp³-hybridized carbons (Fsp3) is 0.667. The van der Waals surface area contributed by atoms with E-state index >= 15 is 0 Å². The molecule has 8 heteroatoms. The highest BCUT2D eigenvalue weighted by Crippen LogP contribution is 2.27. The molecule has 2 saturated heterocycles. The van der Waals surface area contributed by atoms with E-state index < -0.39 is 9.84 Å². The minimum atomic E-state index is -3.12. The van der Waals surface area contributed by atoms with E-state index in [4.69, 9.17) is 0 Å². The first-order valence-corrected chi connectivity index (χ1v) is 11.0. The molecule has 2 atom stereocenters. The fourth-order valence-electron chi connectivity index (χ4n) is 4.16. The number of sulfone groups is 1. The van der Waals surface area contributed by atoms with E-state index in [-0.39, 0.29) is 41.5 Å². The van der Waals surface area contributed by atoms with Crippen molar-refractivity contribution in [1.29, 1.82) is 0 Å². The minimum absolute atomic E-state index is 0.0495. The number of carbonyl (C=O) groups is 1. The molecule has 0 unspecified atom stereocenters. The van der Waals surface area contributed by atoms with Crippen molar-refractivity contribution in [3.05, 3.63) is 34.2 Å². The van der Waals surface area contributed by atoms with E-state index in [0.717, 1.165) is 18.7 Å². The normalized spacial score (nSPS) is 25.2. The summed E-state index contributed by atoms with van der Waals surface area (Å²) in [5, 5.41) is 0. The lowest BCUT2D eigenvalue weighted by atomic mass is 10.0. The standard InChI is InChI=1S/C18H27N3O4S/c1-3-8-19-10-11-21(16-13-26(24,25)12-15(16)19)18(23)7-9-20-14(2)5-4-6-17(20)22/h4-6,15-16H,3,7-13H2,1-2H3/t15-,16+/m1/s1. The Hall–Kier alpha value is -1.67. The number of fused-ring (bicyclic) bond motifs is 1. The van der Waals surface area contributed by atoms with Crippen LogP contribution in [0.2, 0.25) is 0 Å². The monoisotopic (exact) mass is 381 g/mol. The molecule has 2 aliphatic heterocycles. The van der Waals surface area contributed by atoms with Gasteiger partial charge in [0.25, 0.3) is 5.56 Å². The molecule has 0 aliphatic carbocycles. The number of pyridine rings is 1. The van der Waals surface area contributed by atoms with Crippen LogP contribution < -0.4 is 5.56 Å². The quantitative estimate of drug-likeness (QED) is 0.731. The molecule has 1 aromatic heterocycles. The molecule has 1 aromatic rings. The van der Waals surface area contributed by atoms with Gasteiger partial charge in [-0.05, 0) is 26.0 Å². The number of aryl methyl sites for hydroxylation is 1. The van der Waals surface area contributed by atoms with Crippen molar-refractivity contribution in [2.24, 2.45) is 0 Å². The molecule has 3 heterocycles. The second-order valence-corrected chi connectivity index (χ2v) is 9.40. The van der Waals surface area contributed by atoms with Crippen LogP contribution in [0.3, 0.4) is 0 Å². The highest BCUT2D eigenvalue weighted by Gasteiger charge is 2.47. The number of aromatic nitrogens is 1. The Balaban J connectivity index is 1.72. The number of nitrogens with zero attached hydrogens (tertiary/aromatic N) is 3. The van der Waals surface area contributed by atoms with Gasteiger partial charge in [0.15, 0.2) is 9.84 Å². The molecule has 0 saturated carbocycles. The second kappa shape index (κ2) is 7.52. The molecule has 0 N–H and O–H groups in total. The van der Waals surface area contributed by atoms with Gasteiger partial charge in [0.1, 0.15) is 0 Å². The lowest BCUT2D eigenvalue weighted by Gasteiger charge is -2.44. The number of carbonyl (C=O) groups excluding carboxylic acids is 1. The van der Waals surface area contributed by atoms with Crippen molar-refractivity contribution in [1.82, 2.24) is 14.4 Å². The SMILES string of the molecule is CCCN1CCN(C(=O)CCn2c(C)cccc2=O)[C@H]2CS(=O)(=O)C[C@H]21. The van der Waals surface area contributed by atoms with Crippen LogP contribution in [0.15, 0.2) is 23.0 Å². The topological polar surface area (TPSA) is 79.7 Å². The molecular weight excluding hydrogens is 354 g/mol. The van der Waals surface area contributed by atoms with E-state index in [1.165, 1.54) is 6.07 Å². The maximum absolute atomic E-state index is 12.8. The van der Waals surface area contributed by atoms with Crippen LogP contribution in [-0.2, 0) is 21.2 Å². The van der Waals surface area contributed by atoms with E-state index in [1.54, 1.807) is 15.5 Å². The molecule has 2 fully saturated rings. The van der Waals surface area contributed by atoms with Gasteiger partial charge in [0.2, 0.25) is 5.91 Å². The van der Waals surface area contributed by atoms with Crippen LogP contribution in [0.4, 0.5) is 0 Å². The molecule has 26 heavy (non-hydrogen) atoms. The fourth-order valence-corrected chi connectivity index (χ4v) is 6.17. The van der Waals surface area contributed by atoms with Gasteiger partial charge in [0, 0.05) is 43.9 Å². The molecule has 0 bridgehead atoms. The van der Waals surface area contributed by atoms with Crippen LogP contribution in [0.1, 0.15) is 25.5 Å². The van der Waals surface area contributed by atoms with Gasteiger partial charge in [-0.25, -0.2) is 8.42 Å².